The maximum absolute atomic E-state index is 10.7. The summed E-state index contributed by atoms with van der Waals surface area (Å²) in [6.07, 6.45) is 3.86. The molecule has 66 valence electrons. The van der Waals surface area contributed by atoms with Gasteiger partial charge < -0.3 is 5.11 Å². The third-order valence-electron chi connectivity index (χ3n) is 2.42. The molecule has 0 aromatic carbocycles. The Morgan fingerprint density at radius 1 is 1.33 bits per heavy atom. The van der Waals surface area contributed by atoms with E-state index in [0.29, 0.717) is 0 Å². The van der Waals surface area contributed by atoms with Gasteiger partial charge in [0.2, 0.25) is 0 Å². The number of aliphatic carboxylic acids is 1. The van der Waals surface area contributed by atoms with Crippen molar-refractivity contribution in [2.75, 3.05) is 0 Å². The van der Waals surface area contributed by atoms with Crippen molar-refractivity contribution in [2.45, 2.75) is 20.8 Å². The molecule has 1 N–H and O–H groups in total. The van der Waals surface area contributed by atoms with Gasteiger partial charge in [-0.25, -0.2) is 0 Å². The number of carboxylic acids is 1. The fourth-order valence-corrected chi connectivity index (χ4v) is 1.48. The highest BCUT2D eigenvalue weighted by Gasteiger charge is 2.24. The summed E-state index contributed by atoms with van der Waals surface area (Å²) in [6.45, 7) is 5.90. The molecule has 0 heterocycles. The second-order valence-electron chi connectivity index (χ2n) is 3.42. The number of carbonyl (C=O) groups is 1. The van der Waals surface area contributed by atoms with Gasteiger partial charge >= 0.3 is 5.97 Å². The fraction of sp³-hybridized carbons (Fsp3) is 0.500. The molecule has 0 bridgehead atoms. The van der Waals surface area contributed by atoms with Crippen molar-refractivity contribution in [3.05, 3.63) is 23.3 Å². The highest BCUT2D eigenvalue weighted by atomic mass is 16.4. The van der Waals surface area contributed by atoms with E-state index in [2.05, 4.69) is 0 Å². The van der Waals surface area contributed by atoms with Crippen molar-refractivity contribution in [1.29, 1.82) is 0 Å². The Labute approximate surface area is 72.6 Å². The summed E-state index contributed by atoms with van der Waals surface area (Å²) in [4.78, 5) is 10.7. The van der Waals surface area contributed by atoms with Crippen LogP contribution in [0.15, 0.2) is 23.3 Å². The summed E-state index contributed by atoms with van der Waals surface area (Å²) in [5, 5.41) is 8.84. The lowest BCUT2D eigenvalue weighted by molar-refractivity contribution is -0.141. The van der Waals surface area contributed by atoms with Crippen LogP contribution in [0, 0.1) is 11.8 Å². The van der Waals surface area contributed by atoms with E-state index in [4.69, 9.17) is 5.11 Å². The van der Waals surface area contributed by atoms with Crippen molar-refractivity contribution < 1.29 is 9.90 Å². The van der Waals surface area contributed by atoms with Crippen LogP contribution in [-0.2, 0) is 4.79 Å². The number of hydrogen-bond donors (Lipinski definition) is 1. The van der Waals surface area contributed by atoms with Crippen LogP contribution < -0.4 is 0 Å². The Bertz CT molecular complexity index is 261. The maximum atomic E-state index is 10.7. The Balaban J connectivity index is 2.91. The highest BCUT2D eigenvalue weighted by molar-refractivity contribution is 5.74. The molecule has 12 heavy (non-hydrogen) atoms. The van der Waals surface area contributed by atoms with Crippen molar-refractivity contribution in [3.63, 3.8) is 0 Å². The van der Waals surface area contributed by atoms with E-state index in [-0.39, 0.29) is 11.8 Å². The van der Waals surface area contributed by atoms with Gasteiger partial charge in [0.25, 0.3) is 0 Å². The lowest BCUT2D eigenvalue weighted by Crippen LogP contribution is -2.21. The molecule has 2 atom stereocenters. The molecule has 2 unspecified atom stereocenters. The number of allylic oxidation sites excluding steroid dienone is 3. The third-order valence-corrected chi connectivity index (χ3v) is 2.42. The van der Waals surface area contributed by atoms with Crippen LogP contribution in [0.5, 0.6) is 0 Å². The monoisotopic (exact) mass is 166 g/mol. The first-order valence-corrected chi connectivity index (χ1v) is 4.12. The predicted molar refractivity (Wildman–Crippen MR) is 47.8 cm³/mol. The van der Waals surface area contributed by atoms with E-state index < -0.39 is 5.97 Å². The first kappa shape index (κ1) is 9.04. The molecule has 0 saturated heterocycles. The van der Waals surface area contributed by atoms with E-state index in [0.717, 1.165) is 5.57 Å². The molecule has 0 fully saturated rings. The molecule has 0 spiro atoms. The summed E-state index contributed by atoms with van der Waals surface area (Å²) in [5.41, 5.74) is 2.28. The van der Waals surface area contributed by atoms with Crippen LogP contribution in [0.4, 0.5) is 0 Å². The van der Waals surface area contributed by atoms with Crippen molar-refractivity contribution in [3.8, 4) is 0 Å². The summed E-state index contributed by atoms with van der Waals surface area (Å²) in [5.74, 6) is -0.953. The first-order valence-electron chi connectivity index (χ1n) is 4.12. The van der Waals surface area contributed by atoms with Gasteiger partial charge in [0.15, 0.2) is 0 Å². The molecule has 0 saturated carbocycles. The van der Waals surface area contributed by atoms with Crippen LogP contribution >= 0.6 is 0 Å². The smallest absolute Gasteiger partial charge is 0.310 e. The van der Waals surface area contributed by atoms with Gasteiger partial charge in [0.1, 0.15) is 0 Å². The van der Waals surface area contributed by atoms with E-state index in [1.807, 2.05) is 32.9 Å². The Kier molecular flexibility index (Phi) is 2.36. The molecule has 0 amide bonds. The standard InChI is InChI=1S/C10H14O2/c1-6-4-8(3)9(10(11)12)5-7(6)2/h4-5,8-9H,1-3H3,(H,11,12). The second-order valence-corrected chi connectivity index (χ2v) is 3.42. The van der Waals surface area contributed by atoms with Crippen molar-refractivity contribution in [1.82, 2.24) is 0 Å². The van der Waals surface area contributed by atoms with Crippen LogP contribution in [0.25, 0.3) is 0 Å². The zero-order chi connectivity index (χ0) is 9.30. The van der Waals surface area contributed by atoms with Gasteiger partial charge in [-0.15, -0.1) is 0 Å². The molecular weight excluding hydrogens is 152 g/mol. The summed E-state index contributed by atoms with van der Waals surface area (Å²) >= 11 is 0. The van der Waals surface area contributed by atoms with Crippen molar-refractivity contribution in [2.24, 2.45) is 11.8 Å². The molecule has 0 radical (unpaired) electrons. The normalized spacial score (nSPS) is 29.2. The van der Waals surface area contributed by atoms with E-state index >= 15 is 0 Å². The topological polar surface area (TPSA) is 37.3 Å². The minimum absolute atomic E-state index is 0.117. The molecule has 2 heteroatoms. The molecule has 0 aromatic heterocycles. The summed E-state index contributed by atoms with van der Waals surface area (Å²) in [7, 11) is 0. The van der Waals surface area contributed by atoms with Gasteiger partial charge in [0.05, 0.1) is 5.92 Å². The van der Waals surface area contributed by atoms with Crippen LogP contribution in [0.3, 0.4) is 0 Å². The minimum atomic E-state index is -0.731. The van der Waals surface area contributed by atoms with E-state index in [1.165, 1.54) is 5.57 Å². The Hall–Kier alpha value is -1.05. The quantitative estimate of drug-likeness (QED) is 0.648. The summed E-state index contributed by atoms with van der Waals surface area (Å²) in [6, 6.07) is 0. The zero-order valence-electron chi connectivity index (χ0n) is 7.66. The highest BCUT2D eigenvalue weighted by Crippen LogP contribution is 2.26. The van der Waals surface area contributed by atoms with Crippen LogP contribution in [0.1, 0.15) is 20.8 Å². The fourth-order valence-electron chi connectivity index (χ4n) is 1.48. The maximum Gasteiger partial charge on any atom is 0.310 e. The number of hydrogen-bond acceptors (Lipinski definition) is 1. The minimum Gasteiger partial charge on any atom is -0.481 e. The second kappa shape index (κ2) is 3.13. The lowest BCUT2D eigenvalue weighted by atomic mass is 9.84. The SMILES string of the molecule is CC1=CC(C)C(C(=O)O)C=C1C. The molecule has 0 aliphatic heterocycles. The molecule has 1 aliphatic carbocycles. The van der Waals surface area contributed by atoms with Gasteiger partial charge in [-0.05, 0) is 19.8 Å². The number of rotatable bonds is 1. The molecular formula is C10H14O2. The summed E-state index contributed by atoms with van der Waals surface area (Å²) < 4.78 is 0. The van der Waals surface area contributed by atoms with Gasteiger partial charge in [-0.1, -0.05) is 30.2 Å². The molecule has 0 aromatic rings. The average Bonchev–Trinajstić information content (AvgIpc) is 1.96. The Morgan fingerprint density at radius 3 is 2.33 bits per heavy atom. The predicted octanol–water partition coefficient (Wildman–Crippen LogP) is 2.23. The Morgan fingerprint density at radius 2 is 1.83 bits per heavy atom. The molecule has 1 rings (SSSR count). The molecule has 2 nitrogen and oxygen atoms in total. The van der Waals surface area contributed by atoms with Gasteiger partial charge in [-0.3, -0.25) is 4.79 Å². The molecule has 1 aliphatic rings. The third kappa shape index (κ3) is 1.58. The van der Waals surface area contributed by atoms with E-state index in [1.54, 1.807) is 0 Å². The van der Waals surface area contributed by atoms with E-state index in [9.17, 15) is 4.79 Å². The van der Waals surface area contributed by atoms with Gasteiger partial charge in [-0.2, -0.15) is 0 Å². The van der Waals surface area contributed by atoms with Gasteiger partial charge in [0, 0.05) is 0 Å². The first-order chi connectivity index (χ1) is 5.52. The van der Waals surface area contributed by atoms with Crippen molar-refractivity contribution >= 4 is 5.97 Å². The largest absolute Gasteiger partial charge is 0.481 e. The van der Waals surface area contributed by atoms with Crippen LogP contribution in [0.2, 0.25) is 0 Å². The average molecular weight is 166 g/mol. The lowest BCUT2D eigenvalue weighted by Gasteiger charge is -2.20. The number of carboxylic acid groups (broad SMARTS) is 1. The van der Waals surface area contributed by atoms with Crippen LogP contribution in [-0.4, -0.2) is 11.1 Å². The zero-order valence-corrected chi connectivity index (χ0v) is 7.66.